The normalized spacial score (nSPS) is 10.3. The van der Waals surface area contributed by atoms with Crippen LogP contribution >= 0.6 is 0 Å². The molecule has 0 spiro atoms. The lowest BCUT2D eigenvalue weighted by molar-refractivity contribution is 0.0944. The van der Waals surface area contributed by atoms with Gasteiger partial charge in [-0.25, -0.2) is 5.84 Å². The predicted octanol–water partition coefficient (Wildman–Crippen LogP) is 1.61. The van der Waals surface area contributed by atoms with Crippen LogP contribution < -0.4 is 16.2 Å². The molecule has 0 fully saturated rings. The summed E-state index contributed by atoms with van der Waals surface area (Å²) in [5, 5.41) is 3.69. The molecule has 2 aromatic rings. The highest BCUT2D eigenvalue weighted by Gasteiger charge is 2.13. The Labute approximate surface area is 117 Å². The van der Waals surface area contributed by atoms with Crippen LogP contribution in [-0.2, 0) is 6.54 Å². The number of aryl methyl sites for hydroxylation is 1. The van der Waals surface area contributed by atoms with Gasteiger partial charge in [-0.2, -0.15) is 0 Å². The van der Waals surface area contributed by atoms with Crippen molar-refractivity contribution >= 4 is 11.6 Å². The first-order valence-corrected chi connectivity index (χ1v) is 6.42. The number of hydrogen-bond acceptors (Lipinski definition) is 5. The molecule has 0 radical (unpaired) electrons. The van der Waals surface area contributed by atoms with Crippen LogP contribution in [0.1, 0.15) is 28.7 Å². The van der Waals surface area contributed by atoms with E-state index in [1.54, 1.807) is 6.07 Å². The Morgan fingerprint density at radius 1 is 1.40 bits per heavy atom. The third-order valence-electron chi connectivity index (χ3n) is 3.05. The lowest BCUT2D eigenvalue weighted by Gasteiger charge is -2.21. The Morgan fingerprint density at radius 3 is 2.70 bits per heavy atom. The molecular formula is C14H18N4O2. The maximum Gasteiger partial charge on any atom is 0.287 e. The van der Waals surface area contributed by atoms with Crippen LogP contribution in [0.15, 0.2) is 34.9 Å². The van der Waals surface area contributed by atoms with Gasteiger partial charge in [-0.1, -0.05) is 22.9 Å². The van der Waals surface area contributed by atoms with Crippen molar-refractivity contribution in [3.8, 4) is 0 Å². The first kappa shape index (κ1) is 14.1. The Balaban J connectivity index is 2.12. The zero-order valence-corrected chi connectivity index (χ0v) is 11.6. The first-order chi connectivity index (χ1) is 9.63. The number of carbonyl (C=O) groups excluding carboxylic acids is 1. The van der Waals surface area contributed by atoms with Crippen LogP contribution in [0.2, 0.25) is 0 Å². The topological polar surface area (TPSA) is 84.4 Å². The number of benzene rings is 1. The van der Waals surface area contributed by atoms with Gasteiger partial charge in [0, 0.05) is 18.3 Å². The van der Waals surface area contributed by atoms with E-state index >= 15 is 0 Å². The standard InChI is InChI=1S/C14H18N4O2/c1-3-18(11-6-4-10(2)5-7-11)9-12-8-13(17-20-12)14(19)16-15/h4-8H,3,9,15H2,1-2H3,(H,16,19). The van der Waals surface area contributed by atoms with Crippen LogP contribution in [0.5, 0.6) is 0 Å². The number of hydrazine groups is 1. The molecule has 0 aliphatic carbocycles. The molecule has 0 bridgehead atoms. The van der Waals surface area contributed by atoms with E-state index in [1.165, 1.54) is 5.56 Å². The molecule has 6 heteroatoms. The number of nitrogen functional groups attached to an aromatic ring is 1. The summed E-state index contributed by atoms with van der Waals surface area (Å²) in [6.07, 6.45) is 0. The number of rotatable bonds is 5. The maximum atomic E-state index is 11.3. The van der Waals surface area contributed by atoms with Crippen molar-refractivity contribution in [2.24, 2.45) is 5.84 Å². The van der Waals surface area contributed by atoms with Gasteiger partial charge in [-0.05, 0) is 26.0 Å². The molecule has 0 atom stereocenters. The maximum absolute atomic E-state index is 11.3. The van der Waals surface area contributed by atoms with Gasteiger partial charge in [0.2, 0.25) is 0 Å². The summed E-state index contributed by atoms with van der Waals surface area (Å²) >= 11 is 0. The average molecular weight is 274 g/mol. The number of carbonyl (C=O) groups is 1. The van der Waals surface area contributed by atoms with Gasteiger partial charge in [0.25, 0.3) is 5.91 Å². The fraction of sp³-hybridized carbons (Fsp3) is 0.286. The Kier molecular flexibility index (Phi) is 4.37. The summed E-state index contributed by atoms with van der Waals surface area (Å²) in [6, 6.07) is 9.84. The third kappa shape index (κ3) is 3.16. The molecule has 0 saturated heterocycles. The van der Waals surface area contributed by atoms with Gasteiger partial charge in [0.15, 0.2) is 11.5 Å². The minimum Gasteiger partial charge on any atom is -0.364 e. The molecule has 0 saturated carbocycles. The molecule has 1 amide bonds. The third-order valence-corrected chi connectivity index (χ3v) is 3.05. The molecule has 6 nitrogen and oxygen atoms in total. The quantitative estimate of drug-likeness (QED) is 0.491. The molecule has 3 N–H and O–H groups in total. The minimum atomic E-state index is -0.460. The second-order valence-corrected chi connectivity index (χ2v) is 4.50. The summed E-state index contributed by atoms with van der Waals surface area (Å²) < 4.78 is 5.16. The molecule has 0 aliphatic heterocycles. The fourth-order valence-electron chi connectivity index (χ4n) is 1.90. The summed E-state index contributed by atoms with van der Waals surface area (Å²) in [7, 11) is 0. The van der Waals surface area contributed by atoms with Crippen molar-refractivity contribution in [2.45, 2.75) is 20.4 Å². The van der Waals surface area contributed by atoms with E-state index in [4.69, 9.17) is 10.4 Å². The number of nitrogens with zero attached hydrogens (tertiary/aromatic N) is 2. The Hall–Kier alpha value is -2.34. The highest BCUT2D eigenvalue weighted by atomic mass is 16.5. The molecule has 106 valence electrons. The lowest BCUT2D eigenvalue weighted by atomic mass is 10.2. The van der Waals surface area contributed by atoms with E-state index in [0.717, 1.165) is 12.2 Å². The highest BCUT2D eigenvalue weighted by molar-refractivity contribution is 5.91. The average Bonchev–Trinajstić information content (AvgIpc) is 2.93. The van der Waals surface area contributed by atoms with E-state index in [-0.39, 0.29) is 5.69 Å². The highest BCUT2D eigenvalue weighted by Crippen LogP contribution is 2.18. The van der Waals surface area contributed by atoms with Gasteiger partial charge in [0.1, 0.15) is 0 Å². The summed E-state index contributed by atoms with van der Waals surface area (Å²) in [5.74, 6) is 5.21. The van der Waals surface area contributed by atoms with Crippen LogP contribution in [0.4, 0.5) is 5.69 Å². The van der Waals surface area contributed by atoms with Crippen molar-refractivity contribution in [3.63, 3.8) is 0 Å². The number of hydrogen-bond donors (Lipinski definition) is 2. The largest absolute Gasteiger partial charge is 0.364 e. The molecule has 0 unspecified atom stereocenters. The predicted molar refractivity (Wildman–Crippen MR) is 76.1 cm³/mol. The monoisotopic (exact) mass is 274 g/mol. The molecule has 1 aromatic carbocycles. The summed E-state index contributed by atoms with van der Waals surface area (Å²) in [6.45, 7) is 5.48. The SMILES string of the molecule is CCN(Cc1cc(C(=O)NN)no1)c1ccc(C)cc1. The van der Waals surface area contributed by atoms with E-state index in [0.29, 0.717) is 12.3 Å². The van der Waals surface area contributed by atoms with Gasteiger partial charge in [-0.3, -0.25) is 10.2 Å². The van der Waals surface area contributed by atoms with E-state index in [9.17, 15) is 4.79 Å². The summed E-state index contributed by atoms with van der Waals surface area (Å²) in [4.78, 5) is 13.4. The second kappa shape index (κ2) is 6.21. The zero-order chi connectivity index (χ0) is 14.5. The van der Waals surface area contributed by atoms with Gasteiger partial charge < -0.3 is 9.42 Å². The molecule has 0 aliphatic rings. The lowest BCUT2D eigenvalue weighted by Crippen LogP contribution is -2.30. The van der Waals surface area contributed by atoms with E-state index in [1.807, 2.05) is 12.3 Å². The van der Waals surface area contributed by atoms with Crippen molar-refractivity contribution in [1.29, 1.82) is 0 Å². The number of nitrogens with two attached hydrogens (primary N) is 1. The van der Waals surface area contributed by atoms with Gasteiger partial charge in [0.05, 0.1) is 6.54 Å². The fourth-order valence-corrected chi connectivity index (χ4v) is 1.90. The van der Waals surface area contributed by atoms with Crippen molar-refractivity contribution in [3.05, 3.63) is 47.3 Å². The van der Waals surface area contributed by atoms with Crippen molar-refractivity contribution in [1.82, 2.24) is 10.6 Å². The number of aromatic nitrogens is 1. The zero-order valence-electron chi connectivity index (χ0n) is 11.6. The second-order valence-electron chi connectivity index (χ2n) is 4.50. The number of anilines is 1. The van der Waals surface area contributed by atoms with Crippen LogP contribution in [0.3, 0.4) is 0 Å². The molecular weight excluding hydrogens is 256 g/mol. The Bertz CT molecular complexity index is 577. The van der Waals surface area contributed by atoms with E-state index in [2.05, 4.69) is 41.2 Å². The van der Waals surface area contributed by atoms with Crippen molar-refractivity contribution < 1.29 is 9.32 Å². The molecule has 2 rings (SSSR count). The van der Waals surface area contributed by atoms with Gasteiger partial charge >= 0.3 is 0 Å². The van der Waals surface area contributed by atoms with Gasteiger partial charge in [-0.15, -0.1) is 0 Å². The number of amides is 1. The molecule has 20 heavy (non-hydrogen) atoms. The summed E-state index contributed by atoms with van der Waals surface area (Å²) in [5.41, 5.74) is 4.52. The van der Waals surface area contributed by atoms with E-state index < -0.39 is 5.91 Å². The Morgan fingerprint density at radius 2 is 2.10 bits per heavy atom. The van der Waals surface area contributed by atoms with Crippen LogP contribution in [0, 0.1) is 6.92 Å². The van der Waals surface area contributed by atoms with Crippen LogP contribution in [-0.4, -0.2) is 17.6 Å². The first-order valence-electron chi connectivity index (χ1n) is 6.42. The smallest absolute Gasteiger partial charge is 0.287 e. The number of nitrogens with one attached hydrogen (secondary N) is 1. The van der Waals surface area contributed by atoms with Crippen molar-refractivity contribution in [2.75, 3.05) is 11.4 Å². The molecule has 1 heterocycles. The van der Waals surface area contributed by atoms with Crippen LogP contribution in [0.25, 0.3) is 0 Å². The molecule has 1 aromatic heterocycles. The minimum absolute atomic E-state index is 0.183.